The number of benzene rings is 2. The summed E-state index contributed by atoms with van der Waals surface area (Å²) in [5.74, 6) is -0.394. The maximum absolute atomic E-state index is 12.4. The topological polar surface area (TPSA) is 95.9 Å². The molecule has 1 fully saturated rings. The SMILES string of the molecule is O=C(O)CCC1CCN(C(=O)CCNC(=O)OCC2c3ccccc3-c3ccccc32)CC1. The molecule has 0 bridgehead atoms. The normalized spacial score (nSPS) is 15.6. The van der Waals surface area contributed by atoms with Crippen molar-refractivity contribution in [2.45, 2.75) is 38.0 Å². The second-order valence-electron chi connectivity index (χ2n) is 8.76. The van der Waals surface area contributed by atoms with Gasteiger partial charge in [0.15, 0.2) is 0 Å². The van der Waals surface area contributed by atoms with Crippen LogP contribution in [0.15, 0.2) is 48.5 Å². The van der Waals surface area contributed by atoms with Gasteiger partial charge in [-0.25, -0.2) is 4.79 Å². The third-order valence-corrected chi connectivity index (χ3v) is 6.69. The van der Waals surface area contributed by atoms with Crippen molar-refractivity contribution in [3.63, 3.8) is 0 Å². The fourth-order valence-electron chi connectivity index (χ4n) is 4.88. The summed E-state index contributed by atoms with van der Waals surface area (Å²) < 4.78 is 5.50. The summed E-state index contributed by atoms with van der Waals surface area (Å²) in [6.45, 7) is 1.77. The van der Waals surface area contributed by atoms with Crippen molar-refractivity contribution in [1.29, 1.82) is 0 Å². The van der Waals surface area contributed by atoms with Crippen molar-refractivity contribution in [2.75, 3.05) is 26.2 Å². The molecule has 0 saturated carbocycles. The number of rotatable bonds is 8. The van der Waals surface area contributed by atoms with Crippen LogP contribution in [-0.2, 0) is 14.3 Å². The van der Waals surface area contributed by atoms with Gasteiger partial charge in [0.1, 0.15) is 6.61 Å². The molecule has 33 heavy (non-hydrogen) atoms. The van der Waals surface area contributed by atoms with E-state index in [2.05, 4.69) is 29.6 Å². The summed E-state index contributed by atoms with van der Waals surface area (Å²) in [5.41, 5.74) is 4.68. The van der Waals surface area contributed by atoms with E-state index in [-0.39, 0.29) is 37.8 Å². The summed E-state index contributed by atoms with van der Waals surface area (Å²) in [7, 11) is 0. The fourth-order valence-corrected chi connectivity index (χ4v) is 4.88. The van der Waals surface area contributed by atoms with E-state index in [0.29, 0.717) is 25.4 Å². The van der Waals surface area contributed by atoms with E-state index in [1.165, 1.54) is 11.1 Å². The van der Waals surface area contributed by atoms with E-state index in [9.17, 15) is 14.4 Å². The minimum absolute atomic E-state index is 0.00522. The molecule has 2 amide bonds. The van der Waals surface area contributed by atoms with E-state index in [0.717, 1.165) is 24.0 Å². The van der Waals surface area contributed by atoms with E-state index >= 15 is 0 Å². The zero-order chi connectivity index (χ0) is 23.2. The number of fused-ring (bicyclic) bond motifs is 3. The predicted octanol–water partition coefficient (Wildman–Crippen LogP) is 4.02. The number of hydrogen-bond acceptors (Lipinski definition) is 4. The van der Waals surface area contributed by atoms with Gasteiger partial charge in [0.2, 0.25) is 5.91 Å². The van der Waals surface area contributed by atoms with Crippen LogP contribution in [0.25, 0.3) is 11.1 Å². The molecule has 1 saturated heterocycles. The first-order valence-electron chi connectivity index (χ1n) is 11.6. The number of piperidine rings is 1. The summed E-state index contributed by atoms with van der Waals surface area (Å²) in [4.78, 5) is 37.2. The summed E-state index contributed by atoms with van der Waals surface area (Å²) >= 11 is 0. The smallest absolute Gasteiger partial charge is 0.407 e. The zero-order valence-electron chi connectivity index (χ0n) is 18.7. The highest BCUT2D eigenvalue weighted by Gasteiger charge is 2.29. The van der Waals surface area contributed by atoms with Crippen molar-refractivity contribution in [3.8, 4) is 11.1 Å². The van der Waals surface area contributed by atoms with Crippen molar-refractivity contribution < 1.29 is 24.2 Å². The number of nitrogens with zero attached hydrogens (tertiary/aromatic N) is 1. The highest BCUT2D eigenvalue weighted by molar-refractivity contribution is 5.79. The largest absolute Gasteiger partial charge is 0.481 e. The van der Waals surface area contributed by atoms with E-state index in [1.54, 1.807) is 4.90 Å². The Kier molecular flexibility index (Phi) is 7.27. The minimum atomic E-state index is -0.771. The second kappa shape index (κ2) is 10.5. The Bertz CT molecular complexity index is 968. The minimum Gasteiger partial charge on any atom is -0.481 e. The van der Waals surface area contributed by atoms with Crippen LogP contribution in [-0.4, -0.2) is 54.2 Å². The van der Waals surface area contributed by atoms with Crippen molar-refractivity contribution in [1.82, 2.24) is 10.2 Å². The Morgan fingerprint density at radius 2 is 1.55 bits per heavy atom. The maximum Gasteiger partial charge on any atom is 0.407 e. The van der Waals surface area contributed by atoms with Crippen molar-refractivity contribution in [2.24, 2.45) is 5.92 Å². The fraction of sp³-hybridized carbons (Fsp3) is 0.423. The van der Waals surface area contributed by atoms with Gasteiger partial charge in [0.05, 0.1) is 0 Å². The number of aliphatic carboxylic acids is 1. The molecule has 2 N–H and O–H groups in total. The molecule has 0 radical (unpaired) electrons. The molecule has 7 heteroatoms. The Labute approximate surface area is 193 Å². The number of carboxylic acid groups (broad SMARTS) is 1. The predicted molar refractivity (Wildman–Crippen MR) is 124 cm³/mol. The summed E-state index contributed by atoms with van der Waals surface area (Å²) in [5, 5.41) is 11.5. The second-order valence-corrected chi connectivity index (χ2v) is 8.76. The van der Waals surface area contributed by atoms with Crippen LogP contribution in [0.2, 0.25) is 0 Å². The van der Waals surface area contributed by atoms with Gasteiger partial charge in [-0.3, -0.25) is 9.59 Å². The van der Waals surface area contributed by atoms with Gasteiger partial charge in [-0.15, -0.1) is 0 Å². The molecular formula is C26H30N2O5. The summed E-state index contributed by atoms with van der Waals surface area (Å²) in [6.07, 6.45) is 2.22. The standard InChI is InChI=1S/C26H30N2O5/c29-24(28-15-12-18(13-16-28)9-10-25(30)31)11-14-27-26(32)33-17-23-21-7-3-1-5-19(21)20-6-2-4-8-22(20)23/h1-8,18,23H,9-17H2,(H,27,32)(H,30,31). The van der Waals surface area contributed by atoms with Gasteiger partial charge in [0.25, 0.3) is 0 Å². The maximum atomic E-state index is 12.4. The Hall–Kier alpha value is -3.35. The third kappa shape index (κ3) is 5.53. The molecule has 174 valence electrons. The van der Waals surface area contributed by atoms with Gasteiger partial charge in [0, 0.05) is 38.4 Å². The van der Waals surface area contributed by atoms with Gasteiger partial charge in [-0.05, 0) is 47.4 Å². The van der Waals surface area contributed by atoms with Crippen LogP contribution in [0.1, 0.15) is 49.1 Å². The molecule has 2 aromatic carbocycles. The number of hydrogen-bond donors (Lipinski definition) is 2. The summed E-state index contributed by atoms with van der Waals surface area (Å²) in [6, 6.07) is 16.4. The molecule has 1 heterocycles. The van der Waals surface area contributed by atoms with Gasteiger partial charge >= 0.3 is 12.1 Å². The lowest BCUT2D eigenvalue weighted by molar-refractivity contribution is -0.138. The Morgan fingerprint density at radius 3 is 2.15 bits per heavy atom. The number of carboxylic acids is 1. The van der Waals surface area contributed by atoms with Crippen molar-refractivity contribution >= 4 is 18.0 Å². The quantitative estimate of drug-likeness (QED) is 0.633. The molecule has 0 aromatic heterocycles. The monoisotopic (exact) mass is 450 g/mol. The van der Waals surface area contributed by atoms with Crippen LogP contribution in [0.3, 0.4) is 0 Å². The van der Waals surface area contributed by atoms with Crippen molar-refractivity contribution in [3.05, 3.63) is 59.7 Å². The lowest BCUT2D eigenvalue weighted by atomic mass is 9.92. The molecule has 1 aliphatic carbocycles. The third-order valence-electron chi connectivity index (χ3n) is 6.69. The zero-order valence-corrected chi connectivity index (χ0v) is 18.7. The van der Waals surface area contributed by atoms with Gasteiger partial charge < -0.3 is 20.1 Å². The molecule has 0 spiro atoms. The first-order chi connectivity index (χ1) is 16.0. The number of amides is 2. The van der Waals surface area contributed by atoms with Gasteiger partial charge in [-0.2, -0.15) is 0 Å². The number of nitrogens with one attached hydrogen (secondary N) is 1. The van der Waals surface area contributed by atoms with E-state index in [1.807, 2.05) is 24.3 Å². The van der Waals surface area contributed by atoms with Crippen LogP contribution in [0, 0.1) is 5.92 Å². The Morgan fingerprint density at radius 1 is 0.939 bits per heavy atom. The molecule has 1 aliphatic heterocycles. The highest BCUT2D eigenvalue weighted by atomic mass is 16.5. The van der Waals surface area contributed by atoms with Gasteiger partial charge in [-0.1, -0.05) is 48.5 Å². The first-order valence-corrected chi connectivity index (χ1v) is 11.6. The number of ether oxygens (including phenoxy) is 1. The van der Waals surface area contributed by atoms with E-state index < -0.39 is 12.1 Å². The Balaban J connectivity index is 1.19. The molecule has 0 atom stereocenters. The molecule has 2 aliphatic rings. The molecule has 7 nitrogen and oxygen atoms in total. The molecule has 2 aromatic rings. The van der Waals surface area contributed by atoms with E-state index in [4.69, 9.17) is 9.84 Å². The average Bonchev–Trinajstić information content (AvgIpc) is 3.15. The molecule has 4 rings (SSSR count). The van der Waals surface area contributed by atoms with Crippen LogP contribution in [0.4, 0.5) is 4.79 Å². The van der Waals surface area contributed by atoms with Crippen LogP contribution < -0.4 is 5.32 Å². The van der Waals surface area contributed by atoms with Crippen LogP contribution in [0.5, 0.6) is 0 Å². The number of likely N-dealkylation sites (tertiary alicyclic amines) is 1. The van der Waals surface area contributed by atoms with Crippen LogP contribution >= 0.6 is 0 Å². The average molecular weight is 451 g/mol. The molecule has 0 unspecified atom stereocenters. The first kappa shape index (κ1) is 22.8. The molecular weight excluding hydrogens is 420 g/mol. The lowest BCUT2D eigenvalue weighted by Gasteiger charge is -2.32. The number of alkyl carbamates (subject to hydrolysis) is 1. The highest BCUT2D eigenvalue weighted by Crippen LogP contribution is 2.44. The number of carbonyl (C=O) groups is 3. The lowest BCUT2D eigenvalue weighted by Crippen LogP contribution is -2.40. The number of carbonyl (C=O) groups excluding carboxylic acids is 2.